The number of nitrogens with zero attached hydrogens (tertiary/aromatic N) is 1. The third-order valence-electron chi connectivity index (χ3n) is 4.23. The number of aromatic nitrogens is 1. The number of ether oxygens (including phenoxy) is 1. The van der Waals surface area contributed by atoms with Crippen LogP contribution in [0, 0.1) is 0 Å². The molecule has 0 saturated carbocycles. The van der Waals surface area contributed by atoms with E-state index in [2.05, 4.69) is 10.3 Å². The molecule has 1 heterocycles. The Hall–Kier alpha value is -2.41. The Morgan fingerprint density at radius 2 is 1.97 bits per heavy atom. The lowest BCUT2D eigenvalue weighted by Gasteiger charge is -2.09. The molecular formula is C21H18Cl2N2O3S. The van der Waals surface area contributed by atoms with E-state index in [1.807, 2.05) is 12.1 Å². The van der Waals surface area contributed by atoms with Crippen molar-refractivity contribution < 1.29 is 14.3 Å². The van der Waals surface area contributed by atoms with Crippen LogP contribution in [-0.4, -0.2) is 23.8 Å². The standard InChI is InChI=1S/C21H18Cl2N2O3S/c1-12(26)13-6-7-18(28-2)15(8-13)10-19(27)25-21-24-11-16(29-21)9-14-4-3-5-17(22)20(14)23/h3-8,11H,9-10H2,1-2H3,(H,24,25,27). The SMILES string of the molecule is COc1ccc(C(C)=O)cc1CC(=O)Nc1ncc(Cc2cccc(Cl)c2Cl)s1. The highest BCUT2D eigenvalue weighted by Crippen LogP contribution is 2.29. The maximum atomic E-state index is 12.5. The number of carbonyl (C=O) groups is 2. The molecular weight excluding hydrogens is 431 g/mol. The maximum Gasteiger partial charge on any atom is 0.230 e. The van der Waals surface area contributed by atoms with E-state index in [1.165, 1.54) is 25.4 Å². The summed E-state index contributed by atoms with van der Waals surface area (Å²) in [5.74, 6) is 0.241. The van der Waals surface area contributed by atoms with Gasteiger partial charge in [-0.2, -0.15) is 0 Å². The predicted octanol–water partition coefficient (Wildman–Crippen LogP) is 5.43. The highest BCUT2D eigenvalue weighted by atomic mass is 35.5. The minimum atomic E-state index is -0.245. The molecule has 0 atom stereocenters. The zero-order valence-electron chi connectivity index (χ0n) is 15.8. The number of Topliss-reactive ketones (excluding diaryl/α,β-unsaturated/α-hetero) is 1. The van der Waals surface area contributed by atoms with Gasteiger partial charge in [0, 0.05) is 28.6 Å². The number of hydrogen-bond acceptors (Lipinski definition) is 5. The number of hydrogen-bond donors (Lipinski definition) is 1. The summed E-state index contributed by atoms with van der Waals surface area (Å²) in [5, 5.41) is 4.30. The zero-order valence-corrected chi connectivity index (χ0v) is 18.1. The van der Waals surface area contributed by atoms with E-state index in [4.69, 9.17) is 27.9 Å². The van der Waals surface area contributed by atoms with Gasteiger partial charge in [-0.1, -0.05) is 35.3 Å². The van der Waals surface area contributed by atoms with Crippen LogP contribution in [0.1, 0.15) is 33.3 Å². The Balaban J connectivity index is 1.68. The van der Waals surface area contributed by atoms with Gasteiger partial charge in [0.25, 0.3) is 0 Å². The minimum absolute atomic E-state index is 0.0688. The summed E-state index contributed by atoms with van der Waals surface area (Å²) < 4.78 is 5.29. The molecule has 5 nitrogen and oxygen atoms in total. The Kier molecular flexibility index (Phi) is 6.90. The Morgan fingerprint density at radius 1 is 1.17 bits per heavy atom. The summed E-state index contributed by atoms with van der Waals surface area (Å²) in [6.45, 7) is 1.48. The largest absolute Gasteiger partial charge is 0.496 e. The normalized spacial score (nSPS) is 10.6. The molecule has 0 aliphatic rings. The van der Waals surface area contributed by atoms with Crippen LogP contribution in [0.3, 0.4) is 0 Å². The number of methoxy groups -OCH3 is 1. The van der Waals surface area contributed by atoms with Crippen molar-refractivity contribution in [3.05, 3.63) is 74.2 Å². The quantitative estimate of drug-likeness (QED) is 0.489. The molecule has 0 aliphatic carbocycles. The molecule has 0 unspecified atom stereocenters. The second-order valence-electron chi connectivity index (χ2n) is 6.33. The van der Waals surface area contributed by atoms with Crippen LogP contribution in [0.2, 0.25) is 10.0 Å². The van der Waals surface area contributed by atoms with Crippen molar-refractivity contribution in [1.82, 2.24) is 4.98 Å². The lowest BCUT2D eigenvalue weighted by Crippen LogP contribution is -2.15. The number of nitrogens with one attached hydrogen (secondary N) is 1. The lowest BCUT2D eigenvalue weighted by atomic mass is 10.0. The van der Waals surface area contributed by atoms with Gasteiger partial charge in [0.15, 0.2) is 10.9 Å². The van der Waals surface area contributed by atoms with Crippen LogP contribution in [0.25, 0.3) is 0 Å². The van der Waals surface area contributed by atoms with Crippen LogP contribution in [-0.2, 0) is 17.6 Å². The fourth-order valence-electron chi connectivity index (χ4n) is 2.79. The van der Waals surface area contributed by atoms with E-state index in [-0.39, 0.29) is 18.1 Å². The second-order valence-corrected chi connectivity index (χ2v) is 8.23. The first-order valence-electron chi connectivity index (χ1n) is 8.72. The van der Waals surface area contributed by atoms with E-state index >= 15 is 0 Å². The summed E-state index contributed by atoms with van der Waals surface area (Å²) in [7, 11) is 1.53. The van der Waals surface area contributed by atoms with E-state index < -0.39 is 0 Å². The summed E-state index contributed by atoms with van der Waals surface area (Å²) in [6.07, 6.45) is 2.34. The minimum Gasteiger partial charge on any atom is -0.496 e. The van der Waals surface area contributed by atoms with Crippen LogP contribution in [0.15, 0.2) is 42.6 Å². The second kappa shape index (κ2) is 9.39. The topological polar surface area (TPSA) is 68.3 Å². The summed E-state index contributed by atoms with van der Waals surface area (Å²) in [6, 6.07) is 10.5. The first kappa shape index (κ1) is 21.3. The fraction of sp³-hybridized carbons (Fsp3) is 0.190. The van der Waals surface area contributed by atoms with Crippen molar-refractivity contribution in [3.63, 3.8) is 0 Å². The molecule has 0 spiro atoms. The van der Waals surface area contributed by atoms with Gasteiger partial charge in [-0.05, 0) is 36.8 Å². The molecule has 1 N–H and O–H groups in total. The molecule has 150 valence electrons. The lowest BCUT2D eigenvalue weighted by molar-refractivity contribution is -0.115. The van der Waals surface area contributed by atoms with E-state index in [0.717, 1.165) is 10.4 Å². The molecule has 3 rings (SSSR count). The molecule has 0 saturated heterocycles. The van der Waals surface area contributed by atoms with Gasteiger partial charge in [-0.25, -0.2) is 4.98 Å². The van der Waals surface area contributed by atoms with Crippen molar-refractivity contribution in [2.24, 2.45) is 0 Å². The van der Waals surface area contributed by atoms with Crippen molar-refractivity contribution >= 4 is 51.4 Å². The average Bonchev–Trinajstić information content (AvgIpc) is 3.12. The van der Waals surface area contributed by atoms with Crippen molar-refractivity contribution in [2.75, 3.05) is 12.4 Å². The number of amides is 1. The van der Waals surface area contributed by atoms with Crippen LogP contribution in [0.5, 0.6) is 5.75 Å². The first-order chi connectivity index (χ1) is 13.9. The van der Waals surface area contributed by atoms with Gasteiger partial charge in [-0.15, -0.1) is 11.3 Å². The fourth-order valence-corrected chi connectivity index (χ4v) is 4.03. The number of benzene rings is 2. The maximum absolute atomic E-state index is 12.5. The monoisotopic (exact) mass is 448 g/mol. The van der Waals surface area contributed by atoms with Crippen LogP contribution < -0.4 is 10.1 Å². The molecule has 0 aliphatic heterocycles. The number of thiazole rings is 1. The van der Waals surface area contributed by atoms with E-state index in [0.29, 0.717) is 38.5 Å². The first-order valence-corrected chi connectivity index (χ1v) is 10.3. The van der Waals surface area contributed by atoms with Gasteiger partial charge >= 0.3 is 0 Å². The Bertz CT molecular complexity index is 1070. The molecule has 1 amide bonds. The molecule has 0 bridgehead atoms. The molecule has 1 aromatic heterocycles. The Morgan fingerprint density at radius 3 is 2.69 bits per heavy atom. The van der Waals surface area contributed by atoms with Gasteiger partial charge in [-0.3, -0.25) is 9.59 Å². The summed E-state index contributed by atoms with van der Waals surface area (Å²) in [5.41, 5.74) is 2.07. The summed E-state index contributed by atoms with van der Waals surface area (Å²) in [4.78, 5) is 29.3. The molecule has 0 radical (unpaired) electrons. The van der Waals surface area contributed by atoms with Gasteiger partial charge in [0.2, 0.25) is 5.91 Å². The van der Waals surface area contributed by atoms with Gasteiger partial charge < -0.3 is 10.1 Å². The van der Waals surface area contributed by atoms with Crippen LogP contribution in [0.4, 0.5) is 5.13 Å². The van der Waals surface area contributed by atoms with Gasteiger partial charge in [0.05, 0.1) is 23.6 Å². The number of anilines is 1. The average molecular weight is 449 g/mol. The zero-order chi connectivity index (χ0) is 21.0. The molecule has 8 heteroatoms. The molecule has 3 aromatic rings. The molecule has 0 fully saturated rings. The van der Waals surface area contributed by atoms with Crippen LogP contribution >= 0.6 is 34.5 Å². The van der Waals surface area contributed by atoms with Crippen molar-refractivity contribution in [1.29, 1.82) is 0 Å². The number of rotatable bonds is 7. The molecule has 2 aromatic carbocycles. The van der Waals surface area contributed by atoms with Crippen molar-refractivity contribution in [3.8, 4) is 5.75 Å². The van der Waals surface area contributed by atoms with Crippen molar-refractivity contribution in [2.45, 2.75) is 19.8 Å². The number of ketones is 1. The highest BCUT2D eigenvalue weighted by Gasteiger charge is 2.14. The predicted molar refractivity (Wildman–Crippen MR) is 117 cm³/mol. The Labute approximate surface area is 182 Å². The third-order valence-corrected chi connectivity index (χ3v) is 6.00. The highest BCUT2D eigenvalue weighted by molar-refractivity contribution is 7.15. The number of carbonyl (C=O) groups excluding carboxylic acids is 2. The third kappa shape index (κ3) is 5.35. The molecule has 29 heavy (non-hydrogen) atoms. The van der Waals surface area contributed by atoms with E-state index in [9.17, 15) is 9.59 Å². The number of halogens is 2. The smallest absolute Gasteiger partial charge is 0.230 e. The van der Waals surface area contributed by atoms with Gasteiger partial charge in [0.1, 0.15) is 5.75 Å². The van der Waals surface area contributed by atoms with E-state index in [1.54, 1.807) is 30.5 Å². The summed E-state index contributed by atoms with van der Waals surface area (Å²) >= 11 is 13.7.